The van der Waals surface area contributed by atoms with E-state index in [4.69, 9.17) is 4.98 Å². The number of hydrogen-bond acceptors (Lipinski definition) is 2. The van der Waals surface area contributed by atoms with Crippen molar-refractivity contribution < 1.29 is 4.79 Å². The van der Waals surface area contributed by atoms with Crippen LogP contribution in [0.1, 0.15) is 51.0 Å². The number of carbonyl (C=O) groups is 1. The predicted molar refractivity (Wildman–Crippen MR) is 111 cm³/mol. The van der Waals surface area contributed by atoms with E-state index in [0.29, 0.717) is 6.54 Å². The number of nitrogens with one attached hydrogen (secondary N) is 1. The van der Waals surface area contributed by atoms with Gasteiger partial charge in [0.15, 0.2) is 0 Å². The number of aromatic nitrogens is 2. The van der Waals surface area contributed by atoms with Gasteiger partial charge in [0.25, 0.3) is 0 Å². The van der Waals surface area contributed by atoms with Gasteiger partial charge in [-0.1, -0.05) is 56.3 Å². The topological polar surface area (TPSA) is 46.9 Å². The van der Waals surface area contributed by atoms with Crippen LogP contribution >= 0.6 is 0 Å². The molecule has 1 atom stereocenters. The molecule has 1 amide bonds. The summed E-state index contributed by atoms with van der Waals surface area (Å²) in [6.07, 6.45) is 2.48. The van der Waals surface area contributed by atoms with E-state index in [9.17, 15) is 4.79 Å². The molecule has 0 bridgehead atoms. The van der Waals surface area contributed by atoms with Crippen LogP contribution in [0.15, 0.2) is 54.6 Å². The maximum atomic E-state index is 12.3. The molecule has 0 aliphatic carbocycles. The maximum Gasteiger partial charge on any atom is 0.223 e. The number of carbonyl (C=O) groups excluding carboxylic acids is 1. The van der Waals surface area contributed by atoms with Crippen molar-refractivity contribution in [1.82, 2.24) is 14.9 Å². The summed E-state index contributed by atoms with van der Waals surface area (Å²) in [4.78, 5) is 17.1. The molecule has 1 aromatic heterocycles. The van der Waals surface area contributed by atoms with Crippen LogP contribution in [0.4, 0.5) is 0 Å². The normalized spacial score (nSPS) is 12.4. The van der Waals surface area contributed by atoms with E-state index in [0.717, 1.165) is 36.1 Å². The van der Waals surface area contributed by atoms with Crippen molar-refractivity contribution in [3.05, 3.63) is 66.0 Å². The van der Waals surface area contributed by atoms with Gasteiger partial charge in [-0.15, -0.1) is 0 Å². The highest BCUT2D eigenvalue weighted by Gasteiger charge is 2.18. The second-order valence-electron chi connectivity index (χ2n) is 7.03. The Hall–Kier alpha value is -2.62. The first-order valence-electron chi connectivity index (χ1n) is 9.94. The molecule has 27 heavy (non-hydrogen) atoms. The highest BCUT2D eigenvalue weighted by Crippen LogP contribution is 2.26. The van der Waals surface area contributed by atoms with E-state index in [2.05, 4.69) is 73.1 Å². The van der Waals surface area contributed by atoms with Gasteiger partial charge in [-0.05, 0) is 37.5 Å². The second kappa shape index (κ2) is 8.85. The van der Waals surface area contributed by atoms with Crippen LogP contribution in [0.2, 0.25) is 0 Å². The fourth-order valence-corrected chi connectivity index (χ4v) is 3.68. The molecule has 0 saturated heterocycles. The monoisotopic (exact) mass is 363 g/mol. The van der Waals surface area contributed by atoms with Gasteiger partial charge in [0, 0.05) is 18.9 Å². The van der Waals surface area contributed by atoms with Gasteiger partial charge in [-0.25, -0.2) is 4.98 Å². The Balaban J connectivity index is 1.84. The van der Waals surface area contributed by atoms with Crippen LogP contribution in [0.5, 0.6) is 0 Å². The number of benzene rings is 2. The summed E-state index contributed by atoms with van der Waals surface area (Å²) in [5.74, 6) is 1.27. The molecular formula is C23H29N3O. The van der Waals surface area contributed by atoms with Crippen molar-refractivity contribution in [2.45, 2.75) is 46.1 Å². The minimum Gasteiger partial charge on any atom is -0.355 e. The Morgan fingerprint density at radius 1 is 1.04 bits per heavy atom. The lowest BCUT2D eigenvalue weighted by Gasteiger charge is -2.19. The maximum absolute atomic E-state index is 12.3. The zero-order valence-corrected chi connectivity index (χ0v) is 16.5. The number of amides is 1. The second-order valence-corrected chi connectivity index (χ2v) is 7.03. The molecular weight excluding hydrogens is 334 g/mol. The number of rotatable bonds is 8. The molecule has 0 aliphatic rings. The zero-order chi connectivity index (χ0) is 19.2. The zero-order valence-electron chi connectivity index (χ0n) is 16.5. The molecule has 2 aromatic carbocycles. The summed E-state index contributed by atoms with van der Waals surface area (Å²) in [5.41, 5.74) is 3.39. The first-order chi connectivity index (χ1) is 13.2. The number of imidazole rings is 1. The summed E-state index contributed by atoms with van der Waals surface area (Å²) >= 11 is 0. The average Bonchev–Trinajstić information content (AvgIpc) is 3.07. The van der Waals surface area contributed by atoms with Crippen LogP contribution in [0.3, 0.4) is 0 Å². The van der Waals surface area contributed by atoms with Crippen LogP contribution < -0.4 is 5.32 Å². The molecule has 1 heterocycles. The number of hydrogen-bond donors (Lipinski definition) is 1. The fraction of sp³-hybridized carbons (Fsp3) is 0.391. The minimum absolute atomic E-state index is 0.104. The Kier molecular flexibility index (Phi) is 6.28. The summed E-state index contributed by atoms with van der Waals surface area (Å²) < 4.78 is 2.30. The fourth-order valence-electron chi connectivity index (χ4n) is 3.68. The summed E-state index contributed by atoms with van der Waals surface area (Å²) in [6, 6.07) is 18.9. The lowest BCUT2D eigenvalue weighted by atomic mass is 10.0. The van der Waals surface area contributed by atoms with Crippen molar-refractivity contribution in [2.75, 3.05) is 6.54 Å². The molecule has 0 saturated carbocycles. The van der Waals surface area contributed by atoms with E-state index in [1.165, 1.54) is 5.56 Å². The summed E-state index contributed by atoms with van der Waals surface area (Å²) in [6.45, 7) is 6.94. The Labute approximate surface area is 161 Å². The molecule has 0 spiro atoms. The van der Waals surface area contributed by atoms with Gasteiger partial charge >= 0.3 is 0 Å². The van der Waals surface area contributed by atoms with Gasteiger partial charge in [0.1, 0.15) is 5.82 Å². The van der Waals surface area contributed by atoms with Crippen molar-refractivity contribution in [3.8, 4) is 0 Å². The quantitative estimate of drug-likeness (QED) is 0.628. The first-order valence-corrected chi connectivity index (χ1v) is 9.94. The Morgan fingerprint density at radius 3 is 2.41 bits per heavy atom. The van der Waals surface area contributed by atoms with Gasteiger partial charge < -0.3 is 9.88 Å². The standard InChI is InChI=1S/C23H29N3O/c1-4-18(5-2)23(27)24-16-15-22-25-20-13-9-10-14-21(20)26(22)17(3)19-11-7-6-8-12-19/h6-14,17-18H,4-5,15-16H2,1-3H3,(H,24,27). The van der Waals surface area contributed by atoms with Gasteiger partial charge in [0.2, 0.25) is 5.91 Å². The smallest absolute Gasteiger partial charge is 0.223 e. The van der Waals surface area contributed by atoms with E-state index in [1.807, 2.05) is 12.1 Å². The SMILES string of the molecule is CCC(CC)C(=O)NCCc1nc2ccccc2n1C(C)c1ccccc1. The van der Waals surface area contributed by atoms with Gasteiger partial charge in [-0.2, -0.15) is 0 Å². The molecule has 0 aliphatic heterocycles. The van der Waals surface area contributed by atoms with Crippen molar-refractivity contribution in [1.29, 1.82) is 0 Å². The third-order valence-electron chi connectivity index (χ3n) is 5.34. The van der Waals surface area contributed by atoms with Crippen LogP contribution in [0, 0.1) is 5.92 Å². The number of para-hydroxylation sites is 2. The van der Waals surface area contributed by atoms with Crippen molar-refractivity contribution >= 4 is 16.9 Å². The van der Waals surface area contributed by atoms with Crippen molar-refractivity contribution in [2.24, 2.45) is 5.92 Å². The van der Waals surface area contributed by atoms with Crippen LogP contribution in [-0.4, -0.2) is 22.0 Å². The number of nitrogens with zero attached hydrogens (tertiary/aromatic N) is 2. The molecule has 142 valence electrons. The first kappa shape index (κ1) is 19.2. The van der Waals surface area contributed by atoms with Gasteiger partial charge in [0.05, 0.1) is 17.1 Å². The Bertz CT molecular complexity index is 881. The molecule has 4 nitrogen and oxygen atoms in total. The molecule has 3 rings (SSSR count). The molecule has 0 radical (unpaired) electrons. The number of fused-ring (bicyclic) bond motifs is 1. The van der Waals surface area contributed by atoms with E-state index in [1.54, 1.807) is 0 Å². The van der Waals surface area contributed by atoms with E-state index < -0.39 is 0 Å². The lowest BCUT2D eigenvalue weighted by molar-refractivity contribution is -0.125. The highest BCUT2D eigenvalue weighted by atomic mass is 16.1. The third-order valence-corrected chi connectivity index (χ3v) is 5.34. The molecule has 1 unspecified atom stereocenters. The van der Waals surface area contributed by atoms with E-state index in [-0.39, 0.29) is 17.9 Å². The molecule has 0 fully saturated rings. The Morgan fingerprint density at radius 2 is 1.70 bits per heavy atom. The largest absolute Gasteiger partial charge is 0.355 e. The van der Waals surface area contributed by atoms with Crippen molar-refractivity contribution in [3.63, 3.8) is 0 Å². The van der Waals surface area contributed by atoms with Crippen LogP contribution in [-0.2, 0) is 11.2 Å². The summed E-state index contributed by atoms with van der Waals surface area (Å²) in [7, 11) is 0. The van der Waals surface area contributed by atoms with E-state index >= 15 is 0 Å². The molecule has 4 heteroatoms. The molecule has 1 N–H and O–H groups in total. The third kappa shape index (κ3) is 4.21. The highest BCUT2D eigenvalue weighted by molar-refractivity contribution is 5.78. The van der Waals surface area contributed by atoms with Crippen LogP contribution in [0.25, 0.3) is 11.0 Å². The average molecular weight is 364 g/mol. The molecule has 3 aromatic rings. The minimum atomic E-state index is 0.104. The van der Waals surface area contributed by atoms with Gasteiger partial charge in [-0.3, -0.25) is 4.79 Å². The lowest BCUT2D eigenvalue weighted by Crippen LogP contribution is -2.32. The predicted octanol–water partition coefficient (Wildman–Crippen LogP) is 4.74. The summed E-state index contributed by atoms with van der Waals surface area (Å²) in [5, 5.41) is 3.09.